The van der Waals surface area contributed by atoms with Crippen LogP contribution in [0.4, 0.5) is 0 Å². The fraction of sp³-hybridized carbons (Fsp3) is 0.429. The Balaban J connectivity index is 1.63. The lowest BCUT2D eigenvalue weighted by atomic mass is 9.93. The van der Waals surface area contributed by atoms with Crippen LogP contribution in [-0.4, -0.2) is 34.0 Å². The van der Waals surface area contributed by atoms with Crippen LogP contribution in [0.5, 0.6) is 0 Å². The van der Waals surface area contributed by atoms with Gasteiger partial charge in [-0.3, -0.25) is 14.7 Å². The molecule has 0 spiro atoms. The Labute approximate surface area is 149 Å². The molecule has 3 rings (SSSR count). The molecule has 0 saturated carbocycles. The van der Waals surface area contributed by atoms with Crippen molar-refractivity contribution in [2.24, 2.45) is 0 Å². The monoisotopic (exact) mass is 338 g/mol. The Morgan fingerprint density at radius 1 is 1.24 bits per heavy atom. The summed E-state index contributed by atoms with van der Waals surface area (Å²) in [6.07, 6.45) is 2.97. The van der Waals surface area contributed by atoms with Crippen molar-refractivity contribution in [1.29, 1.82) is 0 Å². The molecule has 1 saturated heterocycles. The number of carboxylic acid groups (broad SMARTS) is 1. The van der Waals surface area contributed by atoms with Crippen LogP contribution in [0.1, 0.15) is 47.7 Å². The van der Waals surface area contributed by atoms with Crippen molar-refractivity contribution in [2.45, 2.75) is 45.1 Å². The van der Waals surface area contributed by atoms with Crippen LogP contribution in [-0.2, 0) is 17.8 Å². The van der Waals surface area contributed by atoms with E-state index in [1.807, 2.05) is 12.1 Å². The minimum atomic E-state index is -0.769. The first-order valence-electron chi connectivity index (χ1n) is 9.05. The zero-order valence-corrected chi connectivity index (χ0v) is 14.8. The molecular weight excluding hydrogens is 312 g/mol. The van der Waals surface area contributed by atoms with E-state index in [2.05, 4.69) is 42.2 Å². The molecule has 2 heterocycles. The molecular formula is C21H26N2O2. The fourth-order valence-electron chi connectivity index (χ4n) is 3.49. The number of benzene rings is 1. The molecule has 4 heteroatoms. The van der Waals surface area contributed by atoms with Crippen LogP contribution in [0.25, 0.3) is 0 Å². The highest BCUT2D eigenvalue weighted by atomic mass is 16.4. The Bertz CT molecular complexity index is 712. The molecule has 1 aromatic heterocycles. The van der Waals surface area contributed by atoms with Gasteiger partial charge < -0.3 is 5.11 Å². The maximum atomic E-state index is 10.8. The maximum Gasteiger partial charge on any atom is 0.303 e. The first-order valence-corrected chi connectivity index (χ1v) is 9.05. The highest BCUT2D eigenvalue weighted by Crippen LogP contribution is 2.27. The zero-order valence-electron chi connectivity index (χ0n) is 14.8. The lowest BCUT2D eigenvalue weighted by Crippen LogP contribution is -2.34. The van der Waals surface area contributed by atoms with Crippen LogP contribution < -0.4 is 0 Å². The summed E-state index contributed by atoms with van der Waals surface area (Å²) in [7, 11) is 0. The minimum absolute atomic E-state index is 0.140. The van der Waals surface area contributed by atoms with Gasteiger partial charge in [0, 0.05) is 36.8 Å². The molecule has 1 fully saturated rings. The summed E-state index contributed by atoms with van der Waals surface area (Å²) in [6.45, 7) is 5.24. The predicted octanol–water partition coefficient (Wildman–Crippen LogP) is 3.79. The van der Waals surface area contributed by atoms with Crippen molar-refractivity contribution in [1.82, 2.24) is 9.88 Å². The normalized spacial score (nSPS) is 18.2. The van der Waals surface area contributed by atoms with Gasteiger partial charge in [0.05, 0.1) is 6.42 Å². The smallest absolute Gasteiger partial charge is 0.303 e. The standard InChI is InChI=1S/C21H26N2O2/c1-16-7-9-17(10-8-16)14-23-13-3-4-18(15-23)20-6-2-5-19(22-20)11-12-21(24)25/h2,5-10,18H,3-4,11-15H2,1H3,(H,24,25)/t18-/m0/s1. The van der Waals surface area contributed by atoms with Crippen LogP contribution in [0.15, 0.2) is 42.5 Å². The summed E-state index contributed by atoms with van der Waals surface area (Å²) < 4.78 is 0. The van der Waals surface area contributed by atoms with E-state index in [4.69, 9.17) is 10.1 Å². The van der Waals surface area contributed by atoms with Gasteiger partial charge in [-0.1, -0.05) is 35.9 Å². The molecule has 25 heavy (non-hydrogen) atoms. The van der Waals surface area contributed by atoms with Gasteiger partial charge in [-0.05, 0) is 44.0 Å². The zero-order chi connectivity index (χ0) is 17.6. The molecule has 1 aromatic carbocycles. The van der Waals surface area contributed by atoms with Gasteiger partial charge in [-0.25, -0.2) is 0 Å². The summed E-state index contributed by atoms with van der Waals surface area (Å²) in [5.74, 6) is -0.335. The van der Waals surface area contributed by atoms with Gasteiger partial charge in [0.25, 0.3) is 0 Å². The summed E-state index contributed by atoms with van der Waals surface area (Å²) >= 11 is 0. The Kier molecular flexibility index (Phi) is 5.82. The molecule has 0 aliphatic carbocycles. The van der Waals surface area contributed by atoms with Gasteiger partial charge in [-0.15, -0.1) is 0 Å². The van der Waals surface area contributed by atoms with E-state index in [9.17, 15) is 4.79 Å². The molecule has 1 atom stereocenters. The number of carbonyl (C=O) groups is 1. The number of aromatic nitrogens is 1. The highest BCUT2D eigenvalue weighted by molar-refractivity contribution is 5.66. The number of nitrogens with zero attached hydrogens (tertiary/aromatic N) is 2. The number of aryl methyl sites for hydroxylation is 2. The van der Waals surface area contributed by atoms with E-state index in [-0.39, 0.29) is 6.42 Å². The van der Waals surface area contributed by atoms with Gasteiger partial charge in [0.2, 0.25) is 0 Å². The number of hydrogen-bond acceptors (Lipinski definition) is 3. The second-order valence-corrected chi connectivity index (χ2v) is 7.01. The third kappa shape index (κ3) is 5.13. The van der Waals surface area contributed by atoms with Crippen molar-refractivity contribution in [2.75, 3.05) is 13.1 Å². The summed E-state index contributed by atoms with van der Waals surface area (Å²) in [5.41, 5.74) is 4.64. The number of likely N-dealkylation sites (tertiary alicyclic amines) is 1. The number of hydrogen-bond donors (Lipinski definition) is 1. The van der Waals surface area contributed by atoms with Gasteiger partial charge in [0.1, 0.15) is 0 Å². The molecule has 132 valence electrons. The van der Waals surface area contributed by atoms with Crippen molar-refractivity contribution in [3.05, 3.63) is 65.0 Å². The lowest BCUT2D eigenvalue weighted by molar-refractivity contribution is -0.136. The van der Waals surface area contributed by atoms with Crippen molar-refractivity contribution in [3.8, 4) is 0 Å². The van der Waals surface area contributed by atoms with E-state index in [0.717, 1.165) is 37.4 Å². The molecule has 4 nitrogen and oxygen atoms in total. The molecule has 0 radical (unpaired) electrons. The molecule has 1 aliphatic rings. The Morgan fingerprint density at radius 3 is 2.80 bits per heavy atom. The second-order valence-electron chi connectivity index (χ2n) is 7.01. The van der Waals surface area contributed by atoms with Crippen LogP contribution >= 0.6 is 0 Å². The first-order chi connectivity index (χ1) is 12.1. The van der Waals surface area contributed by atoms with E-state index in [1.165, 1.54) is 17.5 Å². The average Bonchev–Trinajstić information content (AvgIpc) is 2.62. The van der Waals surface area contributed by atoms with Gasteiger partial charge in [0.15, 0.2) is 0 Å². The average molecular weight is 338 g/mol. The van der Waals surface area contributed by atoms with E-state index in [1.54, 1.807) is 0 Å². The predicted molar refractivity (Wildman–Crippen MR) is 98.6 cm³/mol. The van der Waals surface area contributed by atoms with Crippen molar-refractivity contribution < 1.29 is 9.90 Å². The van der Waals surface area contributed by atoms with Crippen LogP contribution in [0.2, 0.25) is 0 Å². The third-order valence-corrected chi connectivity index (χ3v) is 4.87. The number of pyridine rings is 1. The largest absolute Gasteiger partial charge is 0.481 e. The summed E-state index contributed by atoms with van der Waals surface area (Å²) in [5, 5.41) is 8.85. The summed E-state index contributed by atoms with van der Waals surface area (Å²) in [6, 6.07) is 14.8. The highest BCUT2D eigenvalue weighted by Gasteiger charge is 2.22. The third-order valence-electron chi connectivity index (χ3n) is 4.87. The number of rotatable bonds is 6. The first kappa shape index (κ1) is 17.6. The van der Waals surface area contributed by atoms with Crippen LogP contribution in [0.3, 0.4) is 0 Å². The van der Waals surface area contributed by atoms with Crippen molar-refractivity contribution in [3.63, 3.8) is 0 Å². The van der Waals surface area contributed by atoms with Gasteiger partial charge >= 0.3 is 5.97 Å². The SMILES string of the molecule is Cc1ccc(CN2CCC[C@H](c3cccc(CCC(=O)O)n3)C2)cc1. The van der Waals surface area contributed by atoms with Gasteiger partial charge in [-0.2, -0.15) is 0 Å². The molecule has 1 N–H and O–H groups in total. The van der Waals surface area contributed by atoms with Crippen molar-refractivity contribution >= 4 is 5.97 Å². The number of piperidine rings is 1. The fourth-order valence-corrected chi connectivity index (χ4v) is 3.49. The number of carboxylic acids is 1. The second kappa shape index (κ2) is 8.26. The van der Waals surface area contributed by atoms with E-state index < -0.39 is 5.97 Å². The molecule has 0 amide bonds. The Hall–Kier alpha value is -2.20. The summed E-state index contributed by atoms with van der Waals surface area (Å²) in [4.78, 5) is 18.0. The molecule has 0 unspecified atom stereocenters. The van der Waals surface area contributed by atoms with E-state index in [0.29, 0.717) is 12.3 Å². The minimum Gasteiger partial charge on any atom is -0.481 e. The Morgan fingerprint density at radius 2 is 2.04 bits per heavy atom. The quantitative estimate of drug-likeness (QED) is 0.871. The molecule has 0 bridgehead atoms. The molecule has 1 aliphatic heterocycles. The number of aliphatic carboxylic acids is 1. The molecule has 2 aromatic rings. The lowest BCUT2D eigenvalue weighted by Gasteiger charge is -2.32. The topological polar surface area (TPSA) is 53.4 Å². The maximum absolute atomic E-state index is 10.8. The van der Waals surface area contributed by atoms with Crippen LogP contribution in [0, 0.1) is 6.92 Å². The van der Waals surface area contributed by atoms with E-state index >= 15 is 0 Å².